The second-order valence-electron chi connectivity index (χ2n) is 3.56. The first-order valence-electron chi connectivity index (χ1n) is 4.79. The molecule has 4 nitrogen and oxygen atoms in total. The first-order chi connectivity index (χ1) is 6.18. The lowest BCUT2D eigenvalue weighted by molar-refractivity contribution is -0.116. The molecule has 14 heavy (non-hydrogen) atoms. The molecule has 0 aromatic rings. The summed E-state index contributed by atoms with van der Waals surface area (Å²) in [6, 6.07) is 0.327. The molecule has 5 heteroatoms. The maximum atomic E-state index is 10.5. The molecule has 0 aromatic heterocycles. The number of rotatable bonds is 3. The minimum atomic E-state index is -0.406. The Morgan fingerprint density at radius 3 is 2.29 bits per heavy atom. The van der Waals surface area contributed by atoms with Crippen LogP contribution in [0.3, 0.4) is 0 Å². The monoisotopic (exact) mass is 219 g/mol. The van der Waals surface area contributed by atoms with E-state index in [0.29, 0.717) is 11.9 Å². The first kappa shape index (κ1) is 13.2. The third kappa shape index (κ3) is 5.07. The van der Waals surface area contributed by atoms with Crippen LogP contribution in [0.2, 0.25) is 0 Å². The summed E-state index contributed by atoms with van der Waals surface area (Å²) in [6.07, 6.45) is 6.02. The fraction of sp³-hybridized carbons (Fsp3) is 0.778. The second-order valence-corrected chi connectivity index (χ2v) is 3.56. The third-order valence-corrected chi connectivity index (χ3v) is 2.28. The number of hydrogen-bond donors (Lipinski definition) is 2. The van der Waals surface area contributed by atoms with E-state index in [9.17, 15) is 4.79 Å². The smallest absolute Gasteiger partial charge is 0.224 e. The predicted molar refractivity (Wildman–Crippen MR) is 59.6 cm³/mol. The maximum Gasteiger partial charge on any atom is 0.224 e. The van der Waals surface area contributed by atoms with Gasteiger partial charge in [0.15, 0.2) is 0 Å². The minimum absolute atomic E-state index is 0. The Morgan fingerprint density at radius 2 is 1.79 bits per heavy atom. The van der Waals surface area contributed by atoms with Crippen LogP contribution in [-0.4, -0.2) is 17.8 Å². The van der Waals surface area contributed by atoms with Crippen molar-refractivity contribution >= 4 is 24.1 Å². The van der Waals surface area contributed by atoms with Gasteiger partial charge in [0.25, 0.3) is 0 Å². The van der Waals surface area contributed by atoms with E-state index >= 15 is 0 Å². The molecule has 1 aliphatic rings. The van der Waals surface area contributed by atoms with E-state index in [-0.39, 0.29) is 18.8 Å². The van der Waals surface area contributed by atoms with Gasteiger partial charge in [0.05, 0.1) is 12.5 Å². The third-order valence-electron chi connectivity index (χ3n) is 2.28. The van der Waals surface area contributed by atoms with E-state index in [1.807, 2.05) is 0 Å². The van der Waals surface area contributed by atoms with Crippen molar-refractivity contribution in [2.24, 2.45) is 16.5 Å². The lowest BCUT2D eigenvalue weighted by atomic mass is 9.96. The fourth-order valence-electron chi connectivity index (χ4n) is 1.67. The van der Waals surface area contributed by atoms with Gasteiger partial charge in [-0.2, -0.15) is 0 Å². The number of carbonyl (C=O) groups is 1. The standard InChI is InChI=1S/C9H17N3O.ClH/c10-8(6-9(11)13)12-7-4-2-1-3-5-7;/h7H,1-6H2,(H2,10,12)(H2,11,13);1H. The van der Waals surface area contributed by atoms with Gasteiger partial charge >= 0.3 is 0 Å². The molecule has 1 fully saturated rings. The Balaban J connectivity index is 0.00000169. The summed E-state index contributed by atoms with van der Waals surface area (Å²) < 4.78 is 0. The number of hydrogen-bond acceptors (Lipinski definition) is 2. The molecule has 4 N–H and O–H groups in total. The number of nitrogens with two attached hydrogens (primary N) is 2. The molecule has 0 atom stereocenters. The molecule has 0 spiro atoms. The zero-order valence-corrected chi connectivity index (χ0v) is 9.05. The topological polar surface area (TPSA) is 81.5 Å². The normalized spacial score (nSPS) is 18.7. The van der Waals surface area contributed by atoms with E-state index in [0.717, 1.165) is 12.8 Å². The van der Waals surface area contributed by atoms with Crippen molar-refractivity contribution in [2.75, 3.05) is 0 Å². The molecule has 1 aliphatic carbocycles. The Labute approximate surface area is 90.5 Å². The Kier molecular flexibility index (Phi) is 6.28. The zero-order valence-electron chi connectivity index (χ0n) is 8.24. The van der Waals surface area contributed by atoms with Crippen LogP contribution < -0.4 is 11.5 Å². The molecule has 0 unspecified atom stereocenters. The molecule has 0 saturated heterocycles. The maximum absolute atomic E-state index is 10.5. The Bertz CT molecular complexity index is 212. The summed E-state index contributed by atoms with van der Waals surface area (Å²) in [5.41, 5.74) is 10.6. The number of primary amides is 1. The molecule has 0 aliphatic heterocycles. The zero-order chi connectivity index (χ0) is 9.68. The quantitative estimate of drug-likeness (QED) is 0.548. The van der Waals surface area contributed by atoms with Gasteiger partial charge in [-0.25, -0.2) is 0 Å². The Morgan fingerprint density at radius 1 is 1.21 bits per heavy atom. The largest absolute Gasteiger partial charge is 0.387 e. The van der Waals surface area contributed by atoms with E-state index < -0.39 is 5.91 Å². The van der Waals surface area contributed by atoms with Crippen LogP contribution in [0.25, 0.3) is 0 Å². The molecule has 0 aromatic carbocycles. The molecule has 0 heterocycles. The van der Waals surface area contributed by atoms with Crippen LogP contribution in [0.1, 0.15) is 38.5 Å². The summed E-state index contributed by atoms with van der Waals surface area (Å²) in [5, 5.41) is 0. The van der Waals surface area contributed by atoms with Crippen LogP contribution >= 0.6 is 12.4 Å². The van der Waals surface area contributed by atoms with Crippen molar-refractivity contribution in [3.63, 3.8) is 0 Å². The number of nitrogens with zero attached hydrogens (tertiary/aromatic N) is 1. The summed E-state index contributed by atoms with van der Waals surface area (Å²) in [7, 11) is 0. The highest BCUT2D eigenvalue weighted by atomic mass is 35.5. The number of carbonyl (C=O) groups excluding carboxylic acids is 1. The lowest BCUT2D eigenvalue weighted by Crippen LogP contribution is -2.24. The SMILES string of the molecule is Cl.NC(=O)CC(N)=NC1CCCCC1. The average Bonchev–Trinajstić information content (AvgIpc) is 2.04. The highest BCUT2D eigenvalue weighted by molar-refractivity contribution is 5.98. The van der Waals surface area contributed by atoms with Gasteiger partial charge < -0.3 is 11.5 Å². The van der Waals surface area contributed by atoms with Crippen molar-refractivity contribution < 1.29 is 4.79 Å². The van der Waals surface area contributed by atoms with Gasteiger partial charge in [0, 0.05) is 0 Å². The molecule has 1 amide bonds. The molecular weight excluding hydrogens is 202 g/mol. The average molecular weight is 220 g/mol. The number of aliphatic imine (C=N–C) groups is 1. The van der Waals surface area contributed by atoms with Crippen LogP contribution in [0.5, 0.6) is 0 Å². The van der Waals surface area contributed by atoms with Crippen molar-refractivity contribution in [1.82, 2.24) is 0 Å². The summed E-state index contributed by atoms with van der Waals surface area (Å²) in [4.78, 5) is 14.8. The summed E-state index contributed by atoms with van der Waals surface area (Å²) in [5.74, 6) is -0.0172. The Hall–Kier alpha value is -0.770. The fourth-order valence-corrected chi connectivity index (χ4v) is 1.67. The van der Waals surface area contributed by atoms with Crippen LogP contribution in [-0.2, 0) is 4.79 Å². The first-order valence-corrected chi connectivity index (χ1v) is 4.79. The van der Waals surface area contributed by atoms with Gasteiger partial charge in [-0.15, -0.1) is 12.4 Å². The summed E-state index contributed by atoms with van der Waals surface area (Å²) in [6.45, 7) is 0. The van der Waals surface area contributed by atoms with E-state index in [4.69, 9.17) is 11.5 Å². The molecule has 1 rings (SSSR count). The van der Waals surface area contributed by atoms with E-state index in [1.165, 1.54) is 19.3 Å². The molecule has 1 saturated carbocycles. The summed E-state index contributed by atoms with van der Waals surface area (Å²) >= 11 is 0. The molecule has 82 valence electrons. The molecular formula is C9H18ClN3O. The minimum Gasteiger partial charge on any atom is -0.387 e. The molecule has 0 bridgehead atoms. The highest BCUT2D eigenvalue weighted by Crippen LogP contribution is 2.20. The van der Waals surface area contributed by atoms with Gasteiger partial charge in [-0.3, -0.25) is 9.79 Å². The molecule has 0 radical (unpaired) electrons. The van der Waals surface area contributed by atoms with Crippen LogP contribution in [0, 0.1) is 0 Å². The van der Waals surface area contributed by atoms with Crippen LogP contribution in [0.15, 0.2) is 4.99 Å². The van der Waals surface area contributed by atoms with Gasteiger partial charge in [-0.1, -0.05) is 19.3 Å². The second kappa shape index (κ2) is 6.65. The van der Waals surface area contributed by atoms with Crippen LogP contribution in [0.4, 0.5) is 0 Å². The van der Waals surface area contributed by atoms with Crippen molar-refractivity contribution in [3.8, 4) is 0 Å². The van der Waals surface area contributed by atoms with E-state index in [2.05, 4.69) is 4.99 Å². The lowest BCUT2D eigenvalue weighted by Gasteiger charge is -2.17. The van der Waals surface area contributed by atoms with Gasteiger partial charge in [0.1, 0.15) is 5.84 Å². The van der Waals surface area contributed by atoms with E-state index in [1.54, 1.807) is 0 Å². The number of halogens is 1. The van der Waals surface area contributed by atoms with Gasteiger partial charge in [-0.05, 0) is 12.8 Å². The van der Waals surface area contributed by atoms with Crippen molar-refractivity contribution in [1.29, 1.82) is 0 Å². The van der Waals surface area contributed by atoms with Gasteiger partial charge in [0.2, 0.25) is 5.91 Å². The highest BCUT2D eigenvalue weighted by Gasteiger charge is 2.12. The predicted octanol–water partition coefficient (Wildman–Crippen LogP) is 0.973. The number of amidine groups is 1. The number of amides is 1. The van der Waals surface area contributed by atoms with Crippen molar-refractivity contribution in [3.05, 3.63) is 0 Å². The van der Waals surface area contributed by atoms with Crippen molar-refractivity contribution in [2.45, 2.75) is 44.6 Å².